The molecule has 5 fully saturated rings. The van der Waals surface area contributed by atoms with E-state index in [0.29, 0.717) is 0 Å². The van der Waals surface area contributed by atoms with Crippen molar-refractivity contribution in [1.82, 2.24) is 0 Å². The quantitative estimate of drug-likeness (QED) is 0.0872. The van der Waals surface area contributed by atoms with E-state index in [2.05, 4.69) is 0 Å². The van der Waals surface area contributed by atoms with Gasteiger partial charge in [-0.3, -0.25) is 0 Å². The highest BCUT2D eigenvalue weighted by molar-refractivity contribution is 4.98. The van der Waals surface area contributed by atoms with Crippen LogP contribution in [0.2, 0.25) is 0 Å². The zero-order valence-electron chi connectivity index (χ0n) is 29.6. The van der Waals surface area contributed by atoms with Crippen molar-refractivity contribution < 1.29 is 114 Å². The average molecular weight is 795 g/mol. The summed E-state index contributed by atoms with van der Waals surface area (Å²) in [5.41, 5.74) is 0. The number of ether oxygens (including phenoxy) is 10. The molecular weight excluding hydrogens is 740 g/mol. The maximum atomic E-state index is 11.3. The molecule has 0 radical (unpaired) electrons. The van der Waals surface area contributed by atoms with Crippen molar-refractivity contribution in [2.45, 2.75) is 168 Å². The molecule has 316 valence electrons. The Morgan fingerprint density at radius 2 is 0.870 bits per heavy atom. The second kappa shape index (κ2) is 18.8. The first-order valence-electron chi connectivity index (χ1n) is 17.6. The van der Waals surface area contributed by atoms with Gasteiger partial charge in [-0.25, -0.2) is 0 Å². The van der Waals surface area contributed by atoms with Gasteiger partial charge in [-0.1, -0.05) is 0 Å². The summed E-state index contributed by atoms with van der Waals surface area (Å²) in [6.07, 6.45) is -38.6. The lowest BCUT2D eigenvalue weighted by atomic mass is 9.95. The molecule has 5 heterocycles. The van der Waals surface area contributed by atoms with Gasteiger partial charge in [-0.2, -0.15) is 0 Å². The fraction of sp³-hybridized carbons (Fsp3) is 1.00. The Kier molecular flexibility index (Phi) is 15.4. The predicted octanol–water partition coefficient (Wildman–Crippen LogP) is -8.19. The first kappa shape index (κ1) is 44.2. The van der Waals surface area contributed by atoms with E-state index in [9.17, 15) is 66.4 Å². The number of aliphatic hydroxyl groups is 13. The number of aliphatic hydroxyl groups excluding tert-OH is 13. The van der Waals surface area contributed by atoms with Crippen LogP contribution >= 0.6 is 0 Å². The summed E-state index contributed by atoms with van der Waals surface area (Å²) in [5, 5.41) is 137. The molecule has 5 aliphatic heterocycles. The third kappa shape index (κ3) is 9.03. The summed E-state index contributed by atoms with van der Waals surface area (Å²) in [6.45, 7) is 0.495. The van der Waals surface area contributed by atoms with Crippen molar-refractivity contribution in [3.63, 3.8) is 0 Å². The smallest absolute Gasteiger partial charge is 0.187 e. The van der Waals surface area contributed by atoms with E-state index in [1.165, 1.54) is 21.0 Å². The molecule has 0 bridgehead atoms. The van der Waals surface area contributed by atoms with Gasteiger partial charge in [-0.05, 0) is 13.8 Å². The molecule has 0 unspecified atom stereocenters. The Labute approximate surface area is 308 Å². The maximum Gasteiger partial charge on any atom is 0.187 e. The van der Waals surface area contributed by atoms with Crippen molar-refractivity contribution in [2.75, 3.05) is 26.9 Å². The van der Waals surface area contributed by atoms with Crippen LogP contribution in [-0.2, 0) is 47.4 Å². The van der Waals surface area contributed by atoms with Crippen molar-refractivity contribution in [1.29, 1.82) is 0 Å². The van der Waals surface area contributed by atoms with Crippen LogP contribution in [0.1, 0.15) is 20.3 Å². The highest BCUT2D eigenvalue weighted by Gasteiger charge is 2.56. The highest BCUT2D eigenvalue weighted by Crippen LogP contribution is 2.37. The van der Waals surface area contributed by atoms with Crippen LogP contribution in [0.5, 0.6) is 0 Å². The first-order chi connectivity index (χ1) is 25.6. The zero-order valence-corrected chi connectivity index (χ0v) is 29.6. The number of hydrogen-bond acceptors (Lipinski definition) is 23. The van der Waals surface area contributed by atoms with E-state index in [1.54, 1.807) is 0 Å². The molecule has 0 aromatic rings. The van der Waals surface area contributed by atoms with Crippen LogP contribution in [0, 0.1) is 0 Å². The SMILES string of the molecule is CO[C@@H]1O[C@H](CO)[C@H](O)[C@H](O[C@@H]2O[C@@H](C)[C@H](O[C@H]3O[C@H](CO)[C@@H](O)[C@H](O[C@H]4O[C@H](C)[C@H](O)C[C@H]4O)[C@@H]3O[C@H]3O[C@H](CO)[C@H](O)[C@H](O)[C@H]3O)[C@@H](O)[C@H]2O)[C@H]1O. The van der Waals surface area contributed by atoms with E-state index in [0.717, 1.165) is 0 Å². The Morgan fingerprint density at radius 3 is 1.48 bits per heavy atom. The van der Waals surface area contributed by atoms with Crippen LogP contribution in [0.3, 0.4) is 0 Å². The van der Waals surface area contributed by atoms with Gasteiger partial charge in [0.05, 0.1) is 38.1 Å². The lowest BCUT2D eigenvalue weighted by Gasteiger charge is -2.50. The molecule has 5 rings (SSSR count). The Balaban J connectivity index is 1.40. The lowest BCUT2D eigenvalue weighted by molar-refractivity contribution is -0.405. The third-order valence-corrected chi connectivity index (χ3v) is 10.3. The van der Waals surface area contributed by atoms with E-state index in [-0.39, 0.29) is 6.42 Å². The van der Waals surface area contributed by atoms with Gasteiger partial charge in [0, 0.05) is 13.5 Å². The second-order valence-electron chi connectivity index (χ2n) is 14.0. The molecule has 23 nitrogen and oxygen atoms in total. The number of hydrogen-bond donors (Lipinski definition) is 13. The molecule has 0 amide bonds. The molecule has 23 heteroatoms. The summed E-state index contributed by atoms with van der Waals surface area (Å²) in [5.74, 6) is 0. The van der Waals surface area contributed by atoms with Crippen molar-refractivity contribution in [3.05, 3.63) is 0 Å². The Hall–Kier alpha value is -0.920. The van der Waals surface area contributed by atoms with Gasteiger partial charge in [-0.15, -0.1) is 0 Å². The summed E-state index contributed by atoms with van der Waals surface area (Å²) in [4.78, 5) is 0. The first-order valence-corrected chi connectivity index (χ1v) is 17.6. The molecule has 13 N–H and O–H groups in total. The summed E-state index contributed by atoms with van der Waals surface area (Å²) < 4.78 is 56.8. The fourth-order valence-corrected chi connectivity index (χ4v) is 7.03. The lowest BCUT2D eigenvalue weighted by Crippen LogP contribution is -2.68. The van der Waals surface area contributed by atoms with Gasteiger partial charge in [0.1, 0.15) is 97.7 Å². The van der Waals surface area contributed by atoms with Crippen LogP contribution < -0.4 is 0 Å². The van der Waals surface area contributed by atoms with Crippen molar-refractivity contribution >= 4 is 0 Å². The van der Waals surface area contributed by atoms with Crippen molar-refractivity contribution in [3.8, 4) is 0 Å². The topological polar surface area (TPSA) is 355 Å². The minimum Gasteiger partial charge on any atom is -0.394 e. The zero-order chi connectivity index (χ0) is 39.8. The van der Waals surface area contributed by atoms with E-state index in [4.69, 9.17) is 47.4 Å². The fourth-order valence-electron chi connectivity index (χ4n) is 7.03. The molecule has 0 spiro atoms. The largest absolute Gasteiger partial charge is 0.394 e. The summed E-state index contributed by atoms with van der Waals surface area (Å²) in [7, 11) is 1.20. The van der Waals surface area contributed by atoms with E-state index >= 15 is 0 Å². The predicted molar refractivity (Wildman–Crippen MR) is 167 cm³/mol. The molecule has 54 heavy (non-hydrogen) atoms. The van der Waals surface area contributed by atoms with Gasteiger partial charge in [0.2, 0.25) is 0 Å². The molecule has 5 aliphatic rings. The van der Waals surface area contributed by atoms with Gasteiger partial charge >= 0.3 is 0 Å². The Bertz CT molecular complexity index is 1140. The summed E-state index contributed by atoms with van der Waals surface area (Å²) in [6, 6.07) is 0. The number of rotatable bonds is 12. The maximum absolute atomic E-state index is 11.3. The number of methoxy groups -OCH3 is 1. The van der Waals surface area contributed by atoms with Crippen LogP contribution in [0.15, 0.2) is 0 Å². The second-order valence-corrected chi connectivity index (χ2v) is 14.0. The molecule has 0 aromatic heterocycles. The van der Waals surface area contributed by atoms with Gasteiger partial charge in [0.15, 0.2) is 31.5 Å². The Morgan fingerprint density at radius 1 is 0.407 bits per heavy atom. The van der Waals surface area contributed by atoms with Crippen molar-refractivity contribution in [2.24, 2.45) is 0 Å². The third-order valence-electron chi connectivity index (χ3n) is 10.3. The van der Waals surface area contributed by atoms with E-state index in [1.807, 2.05) is 0 Å². The van der Waals surface area contributed by atoms with Gasteiger partial charge < -0.3 is 114 Å². The molecule has 0 aliphatic carbocycles. The van der Waals surface area contributed by atoms with Gasteiger partial charge in [0.25, 0.3) is 0 Å². The van der Waals surface area contributed by atoms with Crippen LogP contribution in [0.4, 0.5) is 0 Å². The van der Waals surface area contributed by atoms with E-state index < -0.39 is 167 Å². The molecule has 24 atom stereocenters. The minimum atomic E-state index is -1.98. The van der Waals surface area contributed by atoms with Crippen LogP contribution in [0.25, 0.3) is 0 Å². The molecule has 5 saturated heterocycles. The standard InChI is InChI=1S/C31H54O23/c1-8-10(35)4-11(36)27(46-8)53-25-17(39)14(7-34)50-31(26(25)54-30-20(42)18(40)15(37)12(5-32)49-30)51-23-9(2)47-29(21(43)19(23)41)52-24-16(38)13(6-33)48-28(45-3)22(24)44/h8-44H,4-7H2,1-3H3/t8-,9+,10-,11-,12-,13-,14-,15+,16+,17-,18+,19+,20-,21-,22-,23+,24+,25+,26+,27-,28-,29+,30-,31-/m1/s1. The highest BCUT2D eigenvalue weighted by atomic mass is 16.8. The molecular formula is C31H54O23. The molecule has 0 saturated carbocycles. The van der Waals surface area contributed by atoms with Crippen LogP contribution in [-0.4, -0.2) is 241 Å². The minimum absolute atomic E-state index is 0.203. The average Bonchev–Trinajstić information content (AvgIpc) is 3.14. The molecule has 0 aromatic carbocycles. The summed E-state index contributed by atoms with van der Waals surface area (Å²) >= 11 is 0. The monoisotopic (exact) mass is 794 g/mol. The normalized spacial score (nSPS) is 53.3.